The largest absolute Gasteiger partial charge is 0.470 e. The van der Waals surface area contributed by atoms with Crippen molar-refractivity contribution in [3.63, 3.8) is 0 Å². The molecule has 0 amide bonds. The quantitative estimate of drug-likeness (QED) is 0.438. The van der Waals surface area contributed by atoms with E-state index < -0.39 is 4.92 Å². The topological polar surface area (TPSA) is 74.5 Å². The monoisotopic (exact) mass is 288 g/mol. The molecule has 1 aromatic heterocycles. The Labute approximate surface area is 116 Å². The number of nitro groups is 1. The first-order valence-corrected chi connectivity index (χ1v) is 6.33. The fourth-order valence-electron chi connectivity index (χ4n) is 1.50. The zero-order valence-corrected chi connectivity index (χ0v) is 11.9. The maximum Gasteiger partial charge on any atom is 0.332 e. The van der Waals surface area contributed by atoms with Gasteiger partial charge in [-0.2, -0.15) is 0 Å². The van der Waals surface area contributed by atoms with Crippen molar-refractivity contribution in [2.24, 2.45) is 0 Å². The van der Waals surface area contributed by atoms with Gasteiger partial charge in [-0.3, -0.25) is 10.1 Å². The maximum atomic E-state index is 10.9. The molecule has 106 valence electrons. The molecular weight excluding hydrogens is 272 g/mol. The summed E-state index contributed by atoms with van der Waals surface area (Å²) >= 11 is 6.00. The van der Waals surface area contributed by atoms with Gasteiger partial charge in [0.1, 0.15) is 0 Å². The van der Waals surface area contributed by atoms with E-state index in [9.17, 15) is 10.1 Å². The number of methoxy groups -OCH3 is 1. The third kappa shape index (κ3) is 4.65. The summed E-state index contributed by atoms with van der Waals surface area (Å²) in [6.07, 6.45) is 1.13. The highest BCUT2D eigenvalue weighted by Gasteiger charge is 2.21. The summed E-state index contributed by atoms with van der Waals surface area (Å²) in [4.78, 5) is 14.5. The molecule has 0 unspecified atom stereocenters. The van der Waals surface area contributed by atoms with E-state index in [1.807, 2.05) is 0 Å². The molecule has 0 fully saturated rings. The van der Waals surface area contributed by atoms with Gasteiger partial charge in [0.15, 0.2) is 0 Å². The molecule has 6 nitrogen and oxygen atoms in total. The van der Waals surface area contributed by atoms with E-state index >= 15 is 0 Å². The first kappa shape index (κ1) is 15.7. The van der Waals surface area contributed by atoms with Crippen molar-refractivity contribution in [2.75, 3.05) is 13.7 Å². The molecule has 0 aliphatic heterocycles. The predicted molar refractivity (Wildman–Crippen MR) is 71.9 cm³/mol. The molecule has 1 rings (SSSR count). The average Bonchev–Trinajstić information content (AvgIpc) is 2.32. The normalized spacial score (nSPS) is 10.8. The van der Waals surface area contributed by atoms with Crippen molar-refractivity contribution in [2.45, 2.75) is 32.8 Å². The Bertz CT molecular complexity index is 452. The molecule has 0 bridgehead atoms. The van der Waals surface area contributed by atoms with Crippen LogP contribution in [-0.4, -0.2) is 29.7 Å². The summed E-state index contributed by atoms with van der Waals surface area (Å²) in [6, 6.07) is 1.29. The first-order chi connectivity index (χ1) is 8.95. The minimum atomic E-state index is -0.546. The number of aryl methyl sites for hydroxylation is 1. The molecule has 1 aromatic rings. The van der Waals surface area contributed by atoms with E-state index in [1.165, 1.54) is 6.07 Å². The van der Waals surface area contributed by atoms with E-state index in [2.05, 4.69) is 4.98 Å². The Balaban J connectivity index is 3.03. The van der Waals surface area contributed by atoms with Crippen LogP contribution in [0.5, 0.6) is 5.88 Å². The van der Waals surface area contributed by atoms with Crippen LogP contribution in [0.15, 0.2) is 6.07 Å². The highest BCUT2D eigenvalue weighted by molar-refractivity contribution is 6.31. The lowest BCUT2D eigenvalue weighted by Gasteiger charge is -2.11. The summed E-state index contributed by atoms with van der Waals surface area (Å²) < 4.78 is 10.3. The third-order valence-electron chi connectivity index (χ3n) is 2.30. The van der Waals surface area contributed by atoms with Crippen molar-refractivity contribution >= 4 is 17.3 Å². The Morgan fingerprint density at radius 2 is 2.21 bits per heavy atom. The number of hydrogen-bond donors (Lipinski definition) is 0. The molecule has 0 spiro atoms. The van der Waals surface area contributed by atoms with Gasteiger partial charge in [-0.25, -0.2) is 4.98 Å². The SMILES string of the molecule is COCCCc1nc(OC(C)C)c([N+](=O)[O-])cc1Cl. The molecule has 0 aliphatic rings. The zero-order valence-electron chi connectivity index (χ0n) is 11.2. The van der Waals surface area contributed by atoms with Crippen LogP contribution in [0.25, 0.3) is 0 Å². The van der Waals surface area contributed by atoms with E-state index in [-0.39, 0.29) is 22.7 Å². The Hall–Kier alpha value is -1.40. The minimum absolute atomic E-state index is 0.0109. The van der Waals surface area contributed by atoms with Crippen molar-refractivity contribution in [3.05, 3.63) is 26.9 Å². The van der Waals surface area contributed by atoms with Crippen LogP contribution < -0.4 is 4.74 Å². The second-order valence-electron chi connectivity index (χ2n) is 4.26. The van der Waals surface area contributed by atoms with E-state index in [0.29, 0.717) is 18.7 Å². The Kier molecular flexibility index (Phi) is 5.98. The second-order valence-corrected chi connectivity index (χ2v) is 4.67. The number of pyridine rings is 1. The van der Waals surface area contributed by atoms with Crippen molar-refractivity contribution < 1.29 is 14.4 Å². The number of nitrogens with zero attached hydrogens (tertiary/aromatic N) is 2. The Morgan fingerprint density at radius 1 is 1.53 bits per heavy atom. The van der Waals surface area contributed by atoms with Crippen LogP contribution in [-0.2, 0) is 11.2 Å². The van der Waals surface area contributed by atoms with E-state index in [4.69, 9.17) is 21.1 Å². The fraction of sp³-hybridized carbons (Fsp3) is 0.583. The predicted octanol–water partition coefficient (Wildman–Crippen LogP) is 3.01. The number of hydrogen-bond acceptors (Lipinski definition) is 5. The lowest BCUT2D eigenvalue weighted by atomic mass is 10.2. The summed E-state index contributed by atoms with van der Waals surface area (Å²) in [6.45, 7) is 4.14. The van der Waals surface area contributed by atoms with Gasteiger partial charge in [-0.1, -0.05) is 11.6 Å². The van der Waals surface area contributed by atoms with Gasteiger partial charge < -0.3 is 9.47 Å². The van der Waals surface area contributed by atoms with Crippen molar-refractivity contribution in [3.8, 4) is 5.88 Å². The molecule has 0 atom stereocenters. The lowest BCUT2D eigenvalue weighted by molar-refractivity contribution is -0.386. The van der Waals surface area contributed by atoms with Crippen LogP contribution >= 0.6 is 11.6 Å². The molecule has 7 heteroatoms. The van der Waals surface area contributed by atoms with Crippen molar-refractivity contribution in [1.29, 1.82) is 0 Å². The van der Waals surface area contributed by atoms with Gasteiger partial charge in [0.25, 0.3) is 5.88 Å². The zero-order chi connectivity index (χ0) is 14.4. The Morgan fingerprint density at radius 3 is 2.74 bits per heavy atom. The summed E-state index contributed by atoms with van der Waals surface area (Å²) in [5.74, 6) is 0.0109. The van der Waals surface area contributed by atoms with Gasteiger partial charge in [-0.05, 0) is 26.7 Å². The van der Waals surface area contributed by atoms with E-state index in [1.54, 1.807) is 21.0 Å². The van der Waals surface area contributed by atoms with E-state index in [0.717, 1.165) is 6.42 Å². The standard InChI is InChI=1S/C12H17ClN2O4/c1-8(2)19-12-11(15(16)17)7-9(13)10(14-12)5-4-6-18-3/h7-8H,4-6H2,1-3H3. The molecule has 0 saturated heterocycles. The lowest BCUT2D eigenvalue weighted by Crippen LogP contribution is -2.10. The highest BCUT2D eigenvalue weighted by Crippen LogP contribution is 2.31. The fourth-order valence-corrected chi connectivity index (χ4v) is 1.74. The number of aromatic nitrogens is 1. The molecule has 0 radical (unpaired) electrons. The van der Waals surface area contributed by atoms with Crippen LogP contribution in [0.4, 0.5) is 5.69 Å². The smallest absolute Gasteiger partial charge is 0.332 e. The maximum absolute atomic E-state index is 10.9. The van der Waals surface area contributed by atoms with Crippen molar-refractivity contribution in [1.82, 2.24) is 4.98 Å². The van der Waals surface area contributed by atoms with Crippen LogP contribution in [0.2, 0.25) is 5.02 Å². The van der Waals surface area contributed by atoms with Gasteiger partial charge in [0, 0.05) is 19.8 Å². The number of ether oxygens (including phenoxy) is 2. The van der Waals surface area contributed by atoms with Gasteiger partial charge in [0.05, 0.1) is 21.7 Å². The van der Waals surface area contributed by atoms with Gasteiger partial charge >= 0.3 is 5.69 Å². The van der Waals surface area contributed by atoms with Crippen LogP contribution in [0.1, 0.15) is 26.0 Å². The number of halogens is 1. The molecular formula is C12H17ClN2O4. The second kappa shape index (κ2) is 7.25. The van der Waals surface area contributed by atoms with Crippen LogP contribution in [0.3, 0.4) is 0 Å². The highest BCUT2D eigenvalue weighted by atomic mass is 35.5. The summed E-state index contributed by atoms with van der Waals surface area (Å²) in [7, 11) is 1.61. The minimum Gasteiger partial charge on any atom is -0.470 e. The van der Waals surface area contributed by atoms with Gasteiger partial charge in [0.2, 0.25) is 0 Å². The number of rotatable bonds is 7. The molecule has 0 aromatic carbocycles. The molecule has 0 aliphatic carbocycles. The summed E-state index contributed by atoms with van der Waals surface area (Å²) in [5.41, 5.74) is 0.370. The van der Waals surface area contributed by atoms with Gasteiger partial charge in [-0.15, -0.1) is 0 Å². The first-order valence-electron chi connectivity index (χ1n) is 5.95. The molecule has 1 heterocycles. The van der Waals surface area contributed by atoms with Crippen LogP contribution in [0, 0.1) is 10.1 Å². The molecule has 0 saturated carbocycles. The molecule has 19 heavy (non-hydrogen) atoms. The third-order valence-corrected chi connectivity index (χ3v) is 2.63. The molecule has 0 N–H and O–H groups in total. The average molecular weight is 289 g/mol. The summed E-state index contributed by atoms with van der Waals surface area (Å²) in [5, 5.41) is 11.2.